The summed E-state index contributed by atoms with van der Waals surface area (Å²) >= 11 is 0. The van der Waals surface area contributed by atoms with Crippen LogP contribution in [-0.2, 0) is 10.0 Å². The predicted molar refractivity (Wildman–Crippen MR) is 101 cm³/mol. The fraction of sp³-hybridized carbons (Fsp3) is 0.0500. The van der Waals surface area contributed by atoms with E-state index in [4.69, 9.17) is 4.42 Å². The molecule has 0 fully saturated rings. The number of hydrogen-bond donors (Lipinski definition) is 1. The van der Waals surface area contributed by atoms with Crippen LogP contribution in [0.2, 0.25) is 0 Å². The standard InChI is InChI=1S/C20H17NO4S/c1-15-11-12-16(25-15)13-14-20(22)18-9-5-6-10-19(18)21-26(23,24)17-7-3-2-4-8-17/h2-14,21H,1H3. The summed E-state index contributed by atoms with van der Waals surface area (Å²) in [6, 6.07) is 18.0. The molecule has 0 amide bonds. The minimum absolute atomic E-state index is 0.129. The van der Waals surface area contributed by atoms with Gasteiger partial charge in [-0.1, -0.05) is 30.3 Å². The van der Waals surface area contributed by atoms with Crippen LogP contribution in [0.25, 0.3) is 6.08 Å². The zero-order valence-electron chi connectivity index (χ0n) is 14.0. The van der Waals surface area contributed by atoms with E-state index in [1.807, 2.05) is 6.92 Å². The summed E-state index contributed by atoms with van der Waals surface area (Å²) in [5.74, 6) is 0.969. The van der Waals surface area contributed by atoms with Gasteiger partial charge in [0.15, 0.2) is 5.78 Å². The maximum atomic E-state index is 12.5. The van der Waals surface area contributed by atoms with Crippen molar-refractivity contribution in [1.29, 1.82) is 0 Å². The molecule has 0 atom stereocenters. The zero-order valence-corrected chi connectivity index (χ0v) is 14.9. The third kappa shape index (κ3) is 4.10. The summed E-state index contributed by atoms with van der Waals surface area (Å²) in [4.78, 5) is 12.6. The second-order valence-corrected chi connectivity index (χ2v) is 7.29. The van der Waals surface area contributed by atoms with E-state index in [0.29, 0.717) is 5.76 Å². The molecule has 1 heterocycles. The highest BCUT2D eigenvalue weighted by Crippen LogP contribution is 2.21. The fourth-order valence-electron chi connectivity index (χ4n) is 2.38. The molecule has 0 spiro atoms. The van der Waals surface area contributed by atoms with Gasteiger partial charge in [-0.15, -0.1) is 0 Å². The van der Waals surface area contributed by atoms with Crippen LogP contribution in [0, 0.1) is 6.92 Å². The molecule has 3 aromatic rings. The summed E-state index contributed by atoms with van der Waals surface area (Å²) in [7, 11) is -3.78. The minimum Gasteiger partial charge on any atom is -0.462 e. The van der Waals surface area contributed by atoms with E-state index in [1.165, 1.54) is 18.2 Å². The van der Waals surface area contributed by atoms with Crippen LogP contribution < -0.4 is 4.72 Å². The van der Waals surface area contributed by atoms with Crippen molar-refractivity contribution in [3.63, 3.8) is 0 Å². The molecule has 0 saturated carbocycles. The molecule has 0 bridgehead atoms. The second kappa shape index (κ2) is 7.41. The van der Waals surface area contributed by atoms with Gasteiger partial charge in [-0.05, 0) is 55.5 Å². The summed E-state index contributed by atoms with van der Waals surface area (Å²) in [6.07, 6.45) is 2.91. The molecule has 0 saturated heterocycles. The number of sulfonamides is 1. The Hall–Kier alpha value is -3.12. The average Bonchev–Trinajstić information content (AvgIpc) is 3.06. The quantitative estimate of drug-likeness (QED) is 0.521. The van der Waals surface area contributed by atoms with Gasteiger partial charge in [0.05, 0.1) is 10.6 Å². The predicted octanol–water partition coefficient (Wildman–Crippen LogP) is 4.28. The van der Waals surface area contributed by atoms with Crippen LogP contribution in [0.1, 0.15) is 21.9 Å². The molecule has 3 rings (SSSR count). The molecular weight excluding hydrogens is 350 g/mol. The number of ketones is 1. The van der Waals surface area contributed by atoms with E-state index >= 15 is 0 Å². The number of allylic oxidation sites excluding steroid dienone is 1. The van der Waals surface area contributed by atoms with E-state index in [0.717, 1.165) is 5.76 Å². The Morgan fingerprint density at radius 1 is 0.962 bits per heavy atom. The summed E-state index contributed by atoms with van der Waals surface area (Å²) in [5.41, 5.74) is 0.480. The van der Waals surface area contributed by atoms with Crippen LogP contribution in [-0.4, -0.2) is 14.2 Å². The van der Waals surface area contributed by atoms with Crippen molar-refractivity contribution in [1.82, 2.24) is 0 Å². The van der Waals surface area contributed by atoms with E-state index in [9.17, 15) is 13.2 Å². The van der Waals surface area contributed by atoms with Gasteiger partial charge < -0.3 is 4.42 Å². The number of nitrogens with one attached hydrogen (secondary N) is 1. The highest BCUT2D eigenvalue weighted by molar-refractivity contribution is 7.92. The molecule has 5 nitrogen and oxygen atoms in total. The minimum atomic E-state index is -3.78. The first-order chi connectivity index (χ1) is 12.5. The molecule has 0 unspecified atom stereocenters. The summed E-state index contributed by atoms with van der Waals surface area (Å²) in [6.45, 7) is 1.81. The van der Waals surface area contributed by atoms with E-state index in [2.05, 4.69) is 4.72 Å². The molecule has 132 valence electrons. The number of anilines is 1. The van der Waals surface area contributed by atoms with Crippen LogP contribution in [0.3, 0.4) is 0 Å². The number of aryl methyl sites for hydroxylation is 1. The van der Waals surface area contributed by atoms with Crippen LogP contribution in [0.4, 0.5) is 5.69 Å². The molecule has 0 aliphatic carbocycles. The highest BCUT2D eigenvalue weighted by atomic mass is 32.2. The van der Waals surface area contributed by atoms with Crippen molar-refractivity contribution < 1.29 is 17.6 Å². The van der Waals surface area contributed by atoms with Gasteiger partial charge in [0, 0.05) is 5.56 Å². The molecule has 0 radical (unpaired) electrons. The van der Waals surface area contributed by atoms with Crippen LogP contribution >= 0.6 is 0 Å². The summed E-state index contributed by atoms with van der Waals surface area (Å²) < 4.78 is 32.9. The van der Waals surface area contributed by atoms with Gasteiger partial charge in [0.1, 0.15) is 11.5 Å². The second-order valence-electron chi connectivity index (χ2n) is 5.61. The molecule has 26 heavy (non-hydrogen) atoms. The first-order valence-electron chi connectivity index (χ1n) is 7.91. The Morgan fingerprint density at radius 2 is 1.65 bits per heavy atom. The van der Waals surface area contributed by atoms with Crippen molar-refractivity contribution in [2.75, 3.05) is 4.72 Å². The third-order valence-corrected chi connectivity index (χ3v) is 5.03. The first kappa shape index (κ1) is 17.7. The number of furan rings is 1. The maximum absolute atomic E-state index is 12.5. The molecule has 2 aromatic carbocycles. The van der Waals surface area contributed by atoms with Gasteiger partial charge in [0.2, 0.25) is 0 Å². The lowest BCUT2D eigenvalue weighted by Gasteiger charge is -2.11. The Morgan fingerprint density at radius 3 is 2.35 bits per heavy atom. The molecule has 6 heteroatoms. The SMILES string of the molecule is Cc1ccc(C=CC(=O)c2ccccc2NS(=O)(=O)c2ccccc2)o1. The Kier molecular flexibility index (Phi) is 5.04. The lowest BCUT2D eigenvalue weighted by molar-refractivity contribution is 0.104. The highest BCUT2D eigenvalue weighted by Gasteiger charge is 2.17. The normalized spacial score (nSPS) is 11.6. The number of benzene rings is 2. The fourth-order valence-corrected chi connectivity index (χ4v) is 3.48. The lowest BCUT2D eigenvalue weighted by Crippen LogP contribution is -2.15. The van der Waals surface area contributed by atoms with Gasteiger partial charge in [-0.3, -0.25) is 9.52 Å². The van der Waals surface area contributed by atoms with Crippen molar-refractivity contribution in [2.45, 2.75) is 11.8 Å². The topological polar surface area (TPSA) is 76.4 Å². The third-order valence-electron chi connectivity index (χ3n) is 3.65. The average molecular weight is 367 g/mol. The largest absolute Gasteiger partial charge is 0.462 e. The van der Waals surface area contributed by atoms with Gasteiger partial charge in [0.25, 0.3) is 10.0 Å². The monoisotopic (exact) mass is 367 g/mol. The van der Waals surface area contributed by atoms with Gasteiger partial charge in [-0.25, -0.2) is 8.42 Å². The lowest BCUT2D eigenvalue weighted by atomic mass is 10.1. The van der Waals surface area contributed by atoms with Crippen LogP contribution in [0.15, 0.2) is 82.1 Å². The maximum Gasteiger partial charge on any atom is 0.261 e. The molecule has 1 N–H and O–H groups in total. The Labute approximate surface area is 152 Å². The smallest absolute Gasteiger partial charge is 0.261 e. The van der Waals surface area contributed by atoms with Crippen LogP contribution in [0.5, 0.6) is 0 Å². The van der Waals surface area contributed by atoms with Crippen molar-refractivity contribution in [3.8, 4) is 0 Å². The van der Waals surface area contributed by atoms with Crippen molar-refractivity contribution in [2.24, 2.45) is 0 Å². The van der Waals surface area contributed by atoms with E-state index < -0.39 is 10.0 Å². The van der Waals surface area contributed by atoms with Crippen molar-refractivity contribution >= 4 is 27.6 Å². The zero-order chi connectivity index (χ0) is 18.6. The van der Waals surface area contributed by atoms with Gasteiger partial charge in [-0.2, -0.15) is 0 Å². The number of hydrogen-bond acceptors (Lipinski definition) is 4. The number of rotatable bonds is 6. The number of para-hydroxylation sites is 1. The Balaban J connectivity index is 1.86. The molecule has 1 aromatic heterocycles. The van der Waals surface area contributed by atoms with Crippen molar-refractivity contribution in [3.05, 3.63) is 89.9 Å². The van der Waals surface area contributed by atoms with Gasteiger partial charge >= 0.3 is 0 Å². The number of carbonyl (C=O) groups is 1. The first-order valence-corrected chi connectivity index (χ1v) is 9.40. The Bertz CT molecular complexity index is 1050. The number of carbonyl (C=O) groups excluding carboxylic acids is 1. The summed E-state index contributed by atoms with van der Waals surface area (Å²) in [5, 5.41) is 0. The molecular formula is C20H17NO4S. The molecule has 0 aliphatic heterocycles. The molecule has 0 aliphatic rings. The van der Waals surface area contributed by atoms with E-state index in [1.54, 1.807) is 60.7 Å². The van der Waals surface area contributed by atoms with E-state index in [-0.39, 0.29) is 21.9 Å².